The minimum Gasteiger partial charge on any atom is -0.267 e. The standard InChI is InChI=1S/C23H20FN3O4S/c1-15-13-17-5-2-3-8-21(17)27(15)32(30,31)20-7-4-6-18(14-20)23(29)26-25-22(28)16-9-11-19(24)12-10-16/h2-12,14-15H,13H2,1H3,(H,25,28)(H,26,29)/t15-/m0/s1. The summed E-state index contributed by atoms with van der Waals surface area (Å²) in [5.41, 5.74) is 6.26. The first-order valence-corrected chi connectivity index (χ1v) is 11.3. The molecule has 0 fully saturated rings. The molecule has 4 rings (SSSR count). The predicted octanol–water partition coefficient (Wildman–Crippen LogP) is 3.04. The van der Waals surface area contributed by atoms with Gasteiger partial charge < -0.3 is 0 Å². The van der Waals surface area contributed by atoms with E-state index in [1.807, 2.05) is 19.1 Å². The van der Waals surface area contributed by atoms with Crippen molar-refractivity contribution in [2.75, 3.05) is 4.31 Å². The second-order valence-corrected chi connectivity index (χ2v) is 9.24. The monoisotopic (exact) mass is 453 g/mol. The van der Waals surface area contributed by atoms with Gasteiger partial charge in [-0.05, 0) is 67.4 Å². The van der Waals surface area contributed by atoms with Gasteiger partial charge in [0.15, 0.2) is 0 Å². The number of nitrogens with zero attached hydrogens (tertiary/aromatic N) is 1. The number of halogens is 1. The number of hydrazine groups is 1. The van der Waals surface area contributed by atoms with Crippen LogP contribution in [0, 0.1) is 5.82 Å². The highest BCUT2D eigenvalue weighted by Gasteiger charge is 2.36. The maximum Gasteiger partial charge on any atom is 0.269 e. The highest BCUT2D eigenvalue weighted by Crippen LogP contribution is 2.36. The molecule has 1 atom stereocenters. The molecule has 2 N–H and O–H groups in total. The molecule has 0 saturated carbocycles. The number of fused-ring (bicyclic) bond motifs is 1. The first kappa shape index (κ1) is 21.5. The number of sulfonamides is 1. The summed E-state index contributed by atoms with van der Waals surface area (Å²) in [7, 11) is -3.91. The summed E-state index contributed by atoms with van der Waals surface area (Å²) in [5, 5.41) is 0. The van der Waals surface area contributed by atoms with Gasteiger partial charge >= 0.3 is 0 Å². The lowest BCUT2D eigenvalue weighted by Crippen LogP contribution is -2.41. The molecule has 0 radical (unpaired) electrons. The zero-order valence-electron chi connectivity index (χ0n) is 17.1. The molecule has 0 saturated heterocycles. The Bertz CT molecular complexity index is 1290. The van der Waals surface area contributed by atoms with E-state index in [0.717, 1.165) is 17.7 Å². The fraction of sp³-hybridized carbons (Fsp3) is 0.130. The zero-order chi connectivity index (χ0) is 22.9. The predicted molar refractivity (Wildman–Crippen MR) is 117 cm³/mol. The Morgan fingerprint density at radius 2 is 1.56 bits per heavy atom. The molecule has 3 aromatic rings. The Balaban J connectivity index is 1.52. The number of carbonyl (C=O) groups is 2. The van der Waals surface area contributed by atoms with Crippen LogP contribution in [0.3, 0.4) is 0 Å². The topological polar surface area (TPSA) is 95.6 Å². The molecular formula is C23H20FN3O4S. The van der Waals surface area contributed by atoms with Crippen molar-refractivity contribution >= 4 is 27.5 Å². The van der Waals surface area contributed by atoms with Crippen LogP contribution < -0.4 is 15.2 Å². The van der Waals surface area contributed by atoms with E-state index in [1.165, 1.54) is 40.7 Å². The molecule has 32 heavy (non-hydrogen) atoms. The third kappa shape index (κ3) is 4.06. The third-order valence-corrected chi connectivity index (χ3v) is 7.12. The lowest BCUT2D eigenvalue weighted by Gasteiger charge is -2.24. The summed E-state index contributed by atoms with van der Waals surface area (Å²) in [6, 6.07) is 17.5. The number of carbonyl (C=O) groups excluding carboxylic acids is 2. The van der Waals surface area contributed by atoms with Gasteiger partial charge in [-0.15, -0.1) is 0 Å². The molecule has 164 valence electrons. The van der Waals surface area contributed by atoms with Crippen molar-refractivity contribution in [1.29, 1.82) is 0 Å². The van der Waals surface area contributed by atoms with Crippen LogP contribution in [-0.4, -0.2) is 26.3 Å². The Morgan fingerprint density at radius 3 is 2.28 bits per heavy atom. The van der Waals surface area contributed by atoms with Gasteiger partial charge in [-0.3, -0.25) is 24.7 Å². The molecule has 0 aliphatic carbocycles. The minimum absolute atomic E-state index is 0.0291. The normalized spacial score (nSPS) is 15.2. The molecule has 7 nitrogen and oxygen atoms in total. The van der Waals surface area contributed by atoms with Gasteiger partial charge in [0, 0.05) is 17.2 Å². The number of hydrogen-bond acceptors (Lipinski definition) is 4. The van der Waals surface area contributed by atoms with E-state index in [1.54, 1.807) is 12.1 Å². The number of nitrogens with one attached hydrogen (secondary N) is 2. The number of anilines is 1. The molecule has 0 aromatic heterocycles. The number of hydrogen-bond donors (Lipinski definition) is 2. The summed E-state index contributed by atoms with van der Waals surface area (Å²) >= 11 is 0. The van der Waals surface area contributed by atoms with Crippen molar-refractivity contribution in [3.05, 3.63) is 95.3 Å². The summed E-state index contributed by atoms with van der Waals surface area (Å²) < 4.78 is 41.1. The molecule has 1 heterocycles. The van der Waals surface area contributed by atoms with Crippen LogP contribution in [0.4, 0.5) is 10.1 Å². The minimum atomic E-state index is -3.91. The lowest BCUT2D eigenvalue weighted by molar-refractivity contribution is 0.0846. The average Bonchev–Trinajstić information content (AvgIpc) is 3.14. The second-order valence-electron chi connectivity index (χ2n) is 7.43. The first-order valence-electron chi connectivity index (χ1n) is 9.86. The molecule has 1 aliphatic heterocycles. The Morgan fingerprint density at radius 1 is 0.906 bits per heavy atom. The van der Waals surface area contributed by atoms with Gasteiger partial charge in [0.25, 0.3) is 21.8 Å². The van der Waals surface area contributed by atoms with E-state index in [2.05, 4.69) is 10.9 Å². The average molecular weight is 453 g/mol. The Labute approximate surface area is 184 Å². The maximum atomic E-state index is 13.4. The smallest absolute Gasteiger partial charge is 0.267 e. The van der Waals surface area contributed by atoms with Gasteiger partial charge in [0.05, 0.1) is 10.6 Å². The number of benzene rings is 3. The van der Waals surface area contributed by atoms with Gasteiger partial charge in [-0.1, -0.05) is 24.3 Å². The molecule has 0 bridgehead atoms. The number of rotatable bonds is 4. The molecule has 0 spiro atoms. The molecule has 3 aromatic carbocycles. The first-order chi connectivity index (χ1) is 15.3. The van der Waals surface area contributed by atoms with Crippen LogP contribution in [0.2, 0.25) is 0 Å². The quantitative estimate of drug-likeness (QED) is 0.594. The lowest BCUT2D eigenvalue weighted by atomic mass is 10.1. The van der Waals surface area contributed by atoms with Gasteiger partial charge in [-0.2, -0.15) is 0 Å². The third-order valence-electron chi connectivity index (χ3n) is 5.19. The summed E-state index contributed by atoms with van der Waals surface area (Å²) in [6.07, 6.45) is 0.602. The summed E-state index contributed by atoms with van der Waals surface area (Å²) in [4.78, 5) is 24.6. The Hall–Kier alpha value is -3.72. The van der Waals surface area contributed by atoms with E-state index in [9.17, 15) is 22.4 Å². The highest BCUT2D eigenvalue weighted by molar-refractivity contribution is 7.92. The van der Waals surface area contributed by atoms with E-state index in [-0.39, 0.29) is 22.1 Å². The van der Waals surface area contributed by atoms with E-state index >= 15 is 0 Å². The molecule has 1 aliphatic rings. The number of amides is 2. The fourth-order valence-corrected chi connectivity index (χ4v) is 5.41. The van der Waals surface area contributed by atoms with Gasteiger partial charge in [-0.25, -0.2) is 12.8 Å². The van der Waals surface area contributed by atoms with Crippen molar-refractivity contribution < 1.29 is 22.4 Å². The highest BCUT2D eigenvalue weighted by atomic mass is 32.2. The summed E-state index contributed by atoms with van der Waals surface area (Å²) in [6.45, 7) is 1.83. The summed E-state index contributed by atoms with van der Waals surface area (Å²) in [5.74, 6) is -1.81. The van der Waals surface area contributed by atoms with Crippen LogP contribution in [0.5, 0.6) is 0 Å². The van der Waals surface area contributed by atoms with Gasteiger partial charge in [0.1, 0.15) is 5.82 Å². The van der Waals surface area contributed by atoms with E-state index in [0.29, 0.717) is 12.1 Å². The van der Waals surface area contributed by atoms with E-state index in [4.69, 9.17) is 0 Å². The van der Waals surface area contributed by atoms with Crippen molar-refractivity contribution in [1.82, 2.24) is 10.9 Å². The maximum absolute atomic E-state index is 13.4. The fourth-order valence-electron chi connectivity index (χ4n) is 3.67. The second kappa shape index (κ2) is 8.43. The van der Waals surface area contributed by atoms with Crippen LogP contribution in [0.1, 0.15) is 33.2 Å². The molecule has 9 heteroatoms. The van der Waals surface area contributed by atoms with Crippen molar-refractivity contribution in [2.45, 2.75) is 24.3 Å². The van der Waals surface area contributed by atoms with Crippen LogP contribution in [-0.2, 0) is 16.4 Å². The van der Waals surface area contributed by atoms with Gasteiger partial charge in [0.2, 0.25) is 0 Å². The molecular weight excluding hydrogens is 433 g/mol. The zero-order valence-corrected chi connectivity index (χ0v) is 17.9. The van der Waals surface area contributed by atoms with Crippen molar-refractivity contribution in [2.24, 2.45) is 0 Å². The molecule has 2 amide bonds. The van der Waals surface area contributed by atoms with Crippen molar-refractivity contribution in [3.63, 3.8) is 0 Å². The largest absolute Gasteiger partial charge is 0.269 e. The van der Waals surface area contributed by atoms with Crippen LogP contribution in [0.15, 0.2) is 77.7 Å². The van der Waals surface area contributed by atoms with Crippen LogP contribution in [0.25, 0.3) is 0 Å². The molecule has 0 unspecified atom stereocenters. The van der Waals surface area contributed by atoms with E-state index < -0.39 is 27.7 Å². The number of para-hydroxylation sites is 1. The van der Waals surface area contributed by atoms with Crippen molar-refractivity contribution in [3.8, 4) is 0 Å². The Kier molecular flexibility index (Phi) is 5.67. The SMILES string of the molecule is C[C@H]1Cc2ccccc2N1S(=O)(=O)c1cccc(C(=O)NNC(=O)c2ccc(F)cc2)c1. The van der Waals surface area contributed by atoms with Crippen LogP contribution >= 0.6 is 0 Å².